The van der Waals surface area contributed by atoms with Gasteiger partial charge in [-0.3, -0.25) is 4.79 Å². The van der Waals surface area contributed by atoms with E-state index in [2.05, 4.69) is 42.6 Å². The standard InChI is InChI=1S/C17H15NO/c1-11-3-4-13-9-16-10-17(18-12(2)19)6-5-14(16)8-15(13)7-11/h3-10H,1-2H3,(H,18,19). The Morgan fingerprint density at radius 2 is 1.47 bits per heavy atom. The number of amides is 1. The quantitative estimate of drug-likeness (QED) is 0.641. The summed E-state index contributed by atoms with van der Waals surface area (Å²) in [7, 11) is 0. The number of benzene rings is 3. The van der Waals surface area contributed by atoms with E-state index in [0.29, 0.717) is 0 Å². The fourth-order valence-electron chi connectivity index (χ4n) is 2.40. The lowest BCUT2D eigenvalue weighted by Gasteiger charge is -2.06. The number of nitrogens with one attached hydrogen (secondary N) is 1. The first kappa shape index (κ1) is 11.7. The third-order valence-corrected chi connectivity index (χ3v) is 3.27. The van der Waals surface area contributed by atoms with Gasteiger partial charge in [0, 0.05) is 12.6 Å². The van der Waals surface area contributed by atoms with Crippen LogP contribution in [-0.4, -0.2) is 5.91 Å². The normalized spacial score (nSPS) is 10.8. The molecule has 0 aliphatic carbocycles. The van der Waals surface area contributed by atoms with Gasteiger partial charge in [-0.25, -0.2) is 0 Å². The second kappa shape index (κ2) is 4.39. The highest BCUT2D eigenvalue weighted by atomic mass is 16.1. The summed E-state index contributed by atoms with van der Waals surface area (Å²) < 4.78 is 0. The molecule has 2 heteroatoms. The van der Waals surface area contributed by atoms with Crippen molar-refractivity contribution in [3.05, 3.63) is 54.1 Å². The van der Waals surface area contributed by atoms with Crippen molar-refractivity contribution in [3.8, 4) is 0 Å². The first-order valence-corrected chi connectivity index (χ1v) is 6.33. The van der Waals surface area contributed by atoms with E-state index in [4.69, 9.17) is 0 Å². The van der Waals surface area contributed by atoms with Gasteiger partial charge in [-0.1, -0.05) is 29.8 Å². The van der Waals surface area contributed by atoms with E-state index in [1.54, 1.807) is 0 Å². The number of rotatable bonds is 1. The molecule has 1 amide bonds. The first-order chi connectivity index (χ1) is 9.11. The Morgan fingerprint density at radius 3 is 2.16 bits per heavy atom. The topological polar surface area (TPSA) is 29.1 Å². The fourth-order valence-corrected chi connectivity index (χ4v) is 2.40. The highest BCUT2D eigenvalue weighted by molar-refractivity contribution is 6.00. The number of carbonyl (C=O) groups excluding carboxylic acids is 1. The molecule has 0 heterocycles. The highest BCUT2D eigenvalue weighted by Gasteiger charge is 2.01. The molecule has 0 saturated heterocycles. The van der Waals surface area contributed by atoms with Gasteiger partial charge in [0.05, 0.1) is 0 Å². The Bertz CT molecular complexity index is 790. The van der Waals surface area contributed by atoms with Crippen LogP contribution in [0.15, 0.2) is 48.5 Å². The largest absolute Gasteiger partial charge is 0.326 e. The number of hydrogen-bond acceptors (Lipinski definition) is 1. The van der Waals surface area contributed by atoms with Gasteiger partial charge in [0.2, 0.25) is 5.91 Å². The van der Waals surface area contributed by atoms with E-state index < -0.39 is 0 Å². The predicted octanol–water partition coefficient (Wildman–Crippen LogP) is 4.26. The van der Waals surface area contributed by atoms with Crippen LogP contribution in [0.1, 0.15) is 12.5 Å². The first-order valence-electron chi connectivity index (χ1n) is 6.33. The molecule has 0 radical (unpaired) electrons. The van der Waals surface area contributed by atoms with Crippen LogP contribution in [-0.2, 0) is 4.79 Å². The average molecular weight is 249 g/mol. The molecule has 3 aromatic rings. The van der Waals surface area contributed by atoms with Gasteiger partial charge >= 0.3 is 0 Å². The summed E-state index contributed by atoms with van der Waals surface area (Å²) in [5, 5.41) is 7.61. The van der Waals surface area contributed by atoms with Crippen molar-refractivity contribution >= 4 is 33.1 Å². The lowest BCUT2D eigenvalue weighted by atomic mass is 10.0. The number of anilines is 1. The highest BCUT2D eigenvalue weighted by Crippen LogP contribution is 2.26. The van der Waals surface area contributed by atoms with Crippen molar-refractivity contribution in [2.75, 3.05) is 5.32 Å². The zero-order valence-corrected chi connectivity index (χ0v) is 11.0. The summed E-state index contributed by atoms with van der Waals surface area (Å²) in [5.74, 6) is -0.0456. The molecule has 0 aromatic heterocycles. The molecular weight excluding hydrogens is 234 g/mol. The van der Waals surface area contributed by atoms with Crippen molar-refractivity contribution in [1.82, 2.24) is 0 Å². The summed E-state index contributed by atoms with van der Waals surface area (Å²) in [4.78, 5) is 11.1. The van der Waals surface area contributed by atoms with Crippen molar-refractivity contribution in [1.29, 1.82) is 0 Å². The van der Waals surface area contributed by atoms with E-state index >= 15 is 0 Å². The minimum Gasteiger partial charge on any atom is -0.326 e. The fraction of sp³-hybridized carbons (Fsp3) is 0.118. The van der Waals surface area contributed by atoms with Gasteiger partial charge in [-0.05, 0) is 52.7 Å². The maximum absolute atomic E-state index is 11.1. The Labute approximate surface area is 112 Å². The number of hydrogen-bond donors (Lipinski definition) is 1. The van der Waals surface area contributed by atoms with Crippen LogP contribution in [0.5, 0.6) is 0 Å². The van der Waals surface area contributed by atoms with Crippen molar-refractivity contribution in [3.63, 3.8) is 0 Å². The van der Waals surface area contributed by atoms with Crippen LogP contribution in [0.3, 0.4) is 0 Å². The molecular formula is C17H15NO. The minimum atomic E-state index is -0.0456. The second-order valence-electron chi connectivity index (χ2n) is 4.95. The number of aryl methyl sites for hydroxylation is 1. The summed E-state index contributed by atoms with van der Waals surface area (Å²) >= 11 is 0. The van der Waals surface area contributed by atoms with Crippen molar-refractivity contribution < 1.29 is 4.79 Å². The average Bonchev–Trinajstić information content (AvgIpc) is 2.35. The number of fused-ring (bicyclic) bond motifs is 2. The molecule has 0 spiro atoms. The van der Waals surface area contributed by atoms with Gasteiger partial charge in [0.1, 0.15) is 0 Å². The van der Waals surface area contributed by atoms with Gasteiger partial charge in [-0.2, -0.15) is 0 Å². The molecule has 94 valence electrons. The molecule has 0 saturated carbocycles. The molecule has 0 bridgehead atoms. The summed E-state index contributed by atoms with van der Waals surface area (Å²) in [6.45, 7) is 3.62. The summed E-state index contributed by atoms with van der Waals surface area (Å²) in [6, 6.07) is 16.8. The second-order valence-corrected chi connectivity index (χ2v) is 4.95. The Balaban J connectivity index is 2.20. The maximum Gasteiger partial charge on any atom is 0.221 e. The van der Waals surface area contributed by atoms with E-state index in [-0.39, 0.29) is 5.91 Å². The monoisotopic (exact) mass is 249 g/mol. The smallest absolute Gasteiger partial charge is 0.221 e. The van der Waals surface area contributed by atoms with E-state index in [0.717, 1.165) is 11.1 Å². The van der Waals surface area contributed by atoms with E-state index in [1.165, 1.54) is 28.6 Å². The lowest BCUT2D eigenvalue weighted by Crippen LogP contribution is -2.05. The zero-order chi connectivity index (χ0) is 13.4. The predicted molar refractivity (Wildman–Crippen MR) is 80.5 cm³/mol. The van der Waals surface area contributed by atoms with Crippen LogP contribution < -0.4 is 5.32 Å². The third-order valence-electron chi connectivity index (χ3n) is 3.27. The van der Waals surface area contributed by atoms with Gasteiger partial charge in [0.25, 0.3) is 0 Å². The summed E-state index contributed by atoms with van der Waals surface area (Å²) in [5.41, 5.74) is 2.10. The van der Waals surface area contributed by atoms with Crippen LogP contribution in [0.2, 0.25) is 0 Å². The zero-order valence-electron chi connectivity index (χ0n) is 11.0. The molecule has 0 aliphatic heterocycles. The van der Waals surface area contributed by atoms with Crippen molar-refractivity contribution in [2.45, 2.75) is 13.8 Å². The Hall–Kier alpha value is -2.35. The van der Waals surface area contributed by atoms with E-state index in [9.17, 15) is 4.79 Å². The number of carbonyl (C=O) groups is 1. The van der Waals surface area contributed by atoms with Gasteiger partial charge in [-0.15, -0.1) is 0 Å². The SMILES string of the molecule is CC(=O)Nc1ccc2cc3cc(C)ccc3cc2c1. The molecule has 0 aliphatic rings. The lowest BCUT2D eigenvalue weighted by molar-refractivity contribution is -0.114. The molecule has 0 unspecified atom stereocenters. The van der Waals surface area contributed by atoms with Crippen molar-refractivity contribution in [2.24, 2.45) is 0 Å². The molecule has 19 heavy (non-hydrogen) atoms. The van der Waals surface area contributed by atoms with Crippen LogP contribution in [0.25, 0.3) is 21.5 Å². The molecule has 0 atom stereocenters. The third kappa shape index (κ3) is 2.29. The van der Waals surface area contributed by atoms with Gasteiger partial charge < -0.3 is 5.32 Å². The maximum atomic E-state index is 11.1. The Morgan fingerprint density at radius 1 is 0.842 bits per heavy atom. The molecule has 2 nitrogen and oxygen atoms in total. The van der Waals surface area contributed by atoms with Gasteiger partial charge in [0.15, 0.2) is 0 Å². The van der Waals surface area contributed by atoms with Crippen LogP contribution >= 0.6 is 0 Å². The molecule has 3 rings (SSSR count). The molecule has 3 aromatic carbocycles. The van der Waals surface area contributed by atoms with Crippen LogP contribution in [0, 0.1) is 6.92 Å². The molecule has 0 fully saturated rings. The van der Waals surface area contributed by atoms with E-state index in [1.807, 2.05) is 18.2 Å². The Kier molecular flexibility index (Phi) is 2.71. The molecule has 1 N–H and O–H groups in total. The minimum absolute atomic E-state index is 0.0456. The summed E-state index contributed by atoms with van der Waals surface area (Å²) in [6.07, 6.45) is 0. The van der Waals surface area contributed by atoms with Crippen LogP contribution in [0.4, 0.5) is 5.69 Å².